The van der Waals surface area contributed by atoms with Crippen LogP contribution in [0, 0.1) is 6.92 Å². The van der Waals surface area contributed by atoms with Crippen LogP contribution in [-0.2, 0) is 0 Å². The summed E-state index contributed by atoms with van der Waals surface area (Å²) in [6, 6.07) is 3.98. The molecule has 12 heavy (non-hydrogen) atoms. The molecule has 0 saturated carbocycles. The lowest BCUT2D eigenvalue weighted by Crippen LogP contribution is -2.10. The molecule has 0 aromatic carbocycles. The third kappa shape index (κ3) is 1.92. The Hall–Kier alpha value is -1.15. The van der Waals surface area contributed by atoms with Crippen LogP contribution in [0.15, 0.2) is 24.9 Å². The van der Waals surface area contributed by atoms with E-state index in [-0.39, 0.29) is 0 Å². The van der Waals surface area contributed by atoms with Crippen molar-refractivity contribution in [3.05, 3.63) is 36.2 Å². The molecule has 2 nitrogen and oxygen atoms in total. The lowest BCUT2D eigenvalue weighted by Gasteiger charge is -2.06. The summed E-state index contributed by atoms with van der Waals surface area (Å²) in [6.07, 6.45) is 1.79. The zero-order chi connectivity index (χ0) is 8.97. The molecule has 0 atom stereocenters. The van der Waals surface area contributed by atoms with E-state index in [0.29, 0.717) is 0 Å². The minimum Gasteiger partial charge on any atom is -0.316 e. The van der Waals surface area contributed by atoms with Crippen LogP contribution in [0.1, 0.15) is 11.3 Å². The minimum atomic E-state index is 0.790. The molecule has 0 aliphatic carbocycles. The quantitative estimate of drug-likeness (QED) is 0.730. The standard InChI is InChI=1S/C10H14N2/c1-8-5-4-6-12-10(8)9(2)7-11-3/h4-6,11H,2,7H2,1,3H3. The summed E-state index contributed by atoms with van der Waals surface area (Å²) in [6.45, 7) is 6.78. The van der Waals surface area contributed by atoms with Gasteiger partial charge in [-0.05, 0) is 31.2 Å². The highest BCUT2D eigenvalue weighted by atomic mass is 14.8. The van der Waals surface area contributed by atoms with Gasteiger partial charge in [-0.3, -0.25) is 4.98 Å². The molecule has 0 spiro atoms. The minimum absolute atomic E-state index is 0.790. The number of nitrogens with one attached hydrogen (secondary N) is 1. The summed E-state index contributed by atoms with van der Waals surface area (Å²) >= 11 is 0. The number of aryl methyl sites for hydroxylation is 1. The van der Waals surface area contributed by atoms with E-state index in [0.717, 1.165) is 17.8 Å². The summed E-state index contributed by atoms with van der Waals surface area (Å²) in [4.78, 5) is 4.26. The van der Waals surface area contributed by atoms with E-state index < -0.39 is 0 Å². The zero-order valence-corrected chi connectivity index (χ0v) is 7.59. The first-order valence-corrected chi connectivity index (χ1v) is 4.00. The number of nitrogens with zero attached hydrogens (tertiary/aromatic N) is 1. The van der Waals surface area contributed by atoms with Gasteiger partial charge in [0.2, 0.25) is 0 Å². The Balaban J connectivity index is 2.87. The molecule has 0 aliphatic heterocycles. The van der Waals surface area contributed by atoms with Crippen LogP contribution in [0.5, 0.6) is 0 Å². The number of rotatable bonds is 3. The molecule has 0 saturated heterocycles. The summed E-state index contributed by atoms with van der Waals surface area (Å²) in [5, 5.41) is 3.05. The molecule has 1 N–H and O–H groups in total. The van der Waals surface area contributed by atoms with Crippen LogP contribution in [0.25, 0.3) is 5.57 Å². The fourth-order valence-corrected chi connectivity index (χ4v) is 1.15. The molecule has 0 amide bonds. The molecule has 1 rings (SSSR count). The molecule has 2 heteroatoms. The normalized spacial score (nSPS) is 9.83. The largest absolute Gasteiger partial charge is 0.316 e. The van der Waals surface area contributed by atoms with Gasteiger partial charge >= 0.3 is 0 Å². The van der Waals surface area contributed by atoms with E-state index >= 15 is 0 Å². The van der Waals surface area contributed by atoms with Gasteiger partial charge in [-0.1, -0.05) is 12.6 Å². The molecular formula is C10H14N2. The van der Waals surface area contributed by atoms with E-state index in [1.807, 2.05) is 26.1 Å². The number of aromatic nitrogens is 1. The smallest absolute Gasteiger partial charge is 0.0697 e. The molecule has 0 aliphatic rings. The predicted molar refractivity (Wildman–Crippen MR) is 51.9 cm³/mol. The fourth-order valence-electron chi connectivity index (χ4n) is 1.15. The highest BCUT2D eigenvalue weighted by Crippen LogP contribution is 2.12. The Labute approximate surface area is 73.3 Å². The maximum Gasteiger partial charge on any atom is 0.0697 e. The zero-order valence-electron chi connectivity index (χ0n) is 7.59. The van der Waals surface area contributed by atoms with E-state index in [1.54, 1.807) is 6.20 Å². The summed E-state index contributed by atoms with van der Waals surface area (Å²) < 4.78 is 0. The maximum absolute atomic E-state index is 4.26. The van der Waals surface area contributed by atoms with Gasteiger partial charge in [0.25, 0.3) is 0 Å². The van der Waals surface area contributed by atoms with E-state index in [9.17, 15) is 0 Å². The number of likely N-dealkylation sites (N-methyl/N-ethyl adjacent to an activating group) is 1. The van der Waals surface area contributed by atoms with Gasteiger partial charge in [0.1, 0.15) is 0 Å². The second-order valence-corrected chi connectivity index (χ2v) is 2.80. The number of pyridine rings is 1. The van der Waals surface area contributed by atoms with Crippen molar-refractivity contribution in [2.24, 2.45) is 0 Å². The molecule has 1 aromatic rings. The Kier molecular flexibility index (Phi) is 3.00. The topological polar surface area (TPSA) is 24.9 Å². The van der Waals surface area contributed by atoms with E-state index in [2.05, 4.69) is 16.9 Å². The van der Waals surface area contributed by atoms with Crippen LogP contribution in [0.3, 0.4) is 0 Å². The van der Waals surface area contributed by atoms with Gasteiger partial charge in [-0.25, -0.2) is 0 Å². The molecular weight excluding hydrogens is 148 g/mol. The van der Waals surface area contributed by atoms with Crippen LogP contribution < -0.4 is 5.32 Å². The van der Waals surface area contributed by atoms with Crippen molar-refractivity contribution >= 4 is 5.57 Å². The second kappa shape index (κ2) is 4.02. The van der Waals surface area contributed by atoms with E-state index in [1.165, 1.54) is 5.56 Å². The summed E-state index contributed by atoms with van der Waals surface area (Å²) in [7, 11) is 1.91. The predicted octanol–water partition coefficient (Wildman–Crippen LogP) is 1.62. The van der Waals surface area contributed by atoms with Crippen molar-refractivity contribution in [2.75, 3.05) is 13.6 Å². The summed E-state index contributed by atoms with van der Waals surface area (Å²) in [5.74, 6) is 0. The van der Waals surface area contributed by atoms with Crippen molar-refractivity contribution in [2.45, 2.75) is 6.92 Å². The van der Waals surface area contributed by atoms with Gasteiger partial charge in [0.15, 0.2) is 0 Å². The van der Waals surface area contributed by atoms with Crippen LogP contribution in [0.2, 0.25) is 0 Å². The highest BCUT2D eigenvalue weighted by molar-refractivity contribution is 5.63. The average molecular weight is 162 g/mol. The van der Waals surface area contributed by atoms with Crippen LogP contribution in [-0.4, -0.2) is 18.6 Å². The van der Waals surface area contributed by atoms with Crippen LogP contribution >= 0.6 is 0 Å². The average Bonchev–Trinajstić information content (AvgIpc) is 2.05. The monoisotopic (exact) mass is 162 g/mol. The Morgan fingerprint density at radius 1 is 1.67 bits per heavy atom. The van der Waals surface area contributed by atoms with Gasteiger partial charge < -0.3 is 5.32 Å². The van der Waals surface area contributed by atoms with Gasteiger partial charge in [-0.2, -0.15) is 0 Å². The van der Waals surface area contributed by atoms with Crippen molar-refractivity contribution < 1.29 is 0 Å². The molecule has 0 unspecified atom stereocenters. The number of hydrogen-bond donors (Lipinski definition) is 1. The molecule has 64 valence electrons. The van der Waals surface area contributed by atoms with E-state index in [4.69, 9.17) is 0 Å². The number of hydrogen-bond acceptors (Lipinski definition) is 2. The van der Waals surface area contributed by atoms with Gasteiger partial charge in [0.05, 0.1) is 5.69 Å². The molecule has 1 heterocycles. The first-order chi connectivity index (χ1) is 5.75. The SMILES string of the molecule is C=C(CNC)c1ncccc1C. The van der Waals surface area contributed by atoms with Crippen LogP contribution in [0.4, 0.5) is 0 Å². The maximum atomic E-state index is 4.26. The van der Waals surface area contributed by atoms with Crippen molar-refractivity contribution in [1.82, 2.24) is 10.3 Å². The lowest BCUT2D eigenvalue weighted by molar-refractivity contribution is 0.926. The lowest BCUT2D eigenvalue weighted by atomic mass is 10.1. The Bertz CT molecular complexity index is 279. The van der Waals surface area contributed by atoms with Crippen molar-refractivity contribution in [1.29, 1.82) is 0 Å². The first-order valence-electron chi connectivity index (χ1n) is 4.00. The second-order valence-electron chi connectivity index (χ2n) is 2.80. The summed E-state index contributed by atoms with van der Waals surface area (Å²) in [5.41, 5.74) is 3.22. The fraction of sp³-hybridized carbons (Fsp3) is 0.300. The third-order valence-electron chi connectivity index (χ3n) is 1.73. The molecule has 0 fully saturated rings. The van der Waals surface area contributed by atoms with Crippen molar-refractivity contribution in [3.8, 4) is 0 Å². The molecule has 0 radical (unpaired) electrons. The first kappa shape index (κ1) is 8.94. The van der Waals surface area contributed by atoms with Gasteiger partial charge in [-0.15, -0.1) is 0 Å². The third-order valence-corrected chi connectivity index (χ3v) is 1.73. The van der Waals surface area contributed by atoms with Crippen molar-refractivity contribution in [3.63, 3.8) is 0 Å². The Morgan fingerprint density at radius 2 is 2.42 bits per heavy atom. The Morgan fingerprint density at radius 3 is 3.00 bits per heavy atom. The highest BCUT2D eigenvalue weighted by Gasteiger charge is 2.01. The molecule has 0 bridgehead atoms. The van der Waals surface area contributed by atoms with Gasteiger partial charge in [0, 0.05) is 12.7 Å². The molecule has 1 aromatic heterocycles.